The van der Waals surface area contributed by atoms with Crippen LogP contribution in [0.15, 0.2) is 47.5 Å². The number of anilines is 1. The first-order valence-electron chi connectivity index (χ1n) is 5.22. The molecule has 0 spiro atoms. The van der Waals surface area contributed by atoms with Crippen molar-refractivity contribution >= 4 is 11.6 Å². The summed E-state index contributed by atoms with van der Waals surface area (Å²) in [6.45, 7) is 1.94. The van der Waals surface area contributed by atoms with Crippen LogP contribution in [0.25, 0.3) is 0 Å². The van der Waals surface area contributed by atoms with Crippen molar-refractivity contribution in [1.29, 1.82) is 0 Å². The van der Waals surface area contributed by atoms with E-state index in [1.807, 2.05) is 25.1 Å². The van der Waals surface area contributed by atoms with Gasteiger partial charge in [0.2, 0.25) is 0 Å². The lowest BCUT2D eigenvalue weighted by Gasteiger charge is -2.05. The van der Waals surface area contributed by atoms with E-state index in [4.69, 9.17) is 0 Å². The Hall–Kier alpha value is -2.36. The number of rotatable bonds is 2. The number of carbonyl (C=O) groups is 1. The smallest absolute Gasteiger partial charge is 0.261 e. The molecule has 2 aromatic rings. The van der Waals surface area contributed by atoms with E-state index in [0.29, 0.717) is 5.69 Å². The second-order valence-electron chi connectivity index (χ2n) is 3.75. The average Bonchev–Trinajstić information content (AvgIpc) is 2.29. The zero-order valence-corrected chi connectivity index (χ0v) is 9.36. The van der Waals surface area contributed by atoms with Gasteiger partial charge in [-0.15, -0.1) is 0 Å². The highest BCUT2D eigenvalue weighted by Crippen LogP contribution is 2.10. The Bertz CT molecular complexity index is 602. The minimum atomic E-state index is -0.405. The maximum absolute atomic E-state index is 11.8. The van der Waals surface area contributed by atoms with Crippen LogP contribution in [0.5, 0.6) is 0 Å². The van der Waals surface area contributed by atoms with Crippen LogP contribution in [0.2, 0.25) is 0 Å². The first kappa shape index (κ1) is 11.1. The second kappa shape index (κ2) is 4.65. The van der Waals surface area contributed by atoms with E-state index in [0.717, 1.165) is 5.56 Å². The van der Waals surface area contributed by atoms with Gasteiger partial charge in [-0.2, -0.15) is 0 Å². The van der Waals surface area contributed by atoms with Gasteiger partial charge in [-0.3, -0.25) is 9.59 Å². The van der Waals surface area contributed by atoms with E-state index in [1.165, 1.54) is 18.5 Å². The molecule has 0 radical (unpaired) electrons. The van der Waals surface area contributed by atoms with Gasteiger partial charge < -0.3 is 10.3 Å². The molecule has 1 amide bonds. The van der Waals surface area contributed by atoms with E-state index >= 15 is 0 Å². The number of amides is 1. The summed E-state index contributed by atoms with van der Waals surface area (Å²) in [7, 11) is 0. The molecule has 0 saturated carbocycles. The Morgan fingerprint density at radius 3 is 2.82 bits per heavy atom. The summed E-state index contributed by atoms with van der Waals surface area (Å²) >= 11 is 0. The number of H-pyrrole nitrogens is 1. The van der Waals surface area contributed by atoms with Crippen molar-refractivity contribution < 1.29 is 4.79 Å². The number of hydrogen-bond donors (Lipinski definition) is 2. The SMILES string of the molecule is Cc1cccc(NC(=O)c2c[nH]ccc2=O)c1. The van der Waals surface area contributed by atoms with Gasteiger partial charge in [-0.25, -0.2) is 0 Å². The van der Waals surface area contributed by atoms with Crippen LogP contribution in [0.4, 0.5) is 5.69 Å². The number of hydrogen-bond acceptors (Lipinski definition) is 2. The second-order valence-corrected chi connectivity index (χ2v) is 3.75. The highest BCUT2D eigenvalue weighted by Gasteiger charge is 2.09. The minimum absolute atomic E-state index is 0.106. The number of aryl methyl sites for hydroxylation is 1. The molecule has 0 aliphatic carbocycles. The Kier molecular flexibility index (Phi) is 3.05. The lowest BCUT2D eigenvalue weighted by atomic mass is 10.2. The van der Waals surface area contributed by atoms with Crippen molar-refractivity contribution in [3.05, 3.63) is 64.1 Å². The molecule has 0 aliphatic heterocycles. The third-order valence-electron chi connectivity index (χ3n) is 2.34. The van der Waals surface area contributed by atoms with Gasteiger partial charge in [0, 0.05) is 24.1 Å². The summed E-state index contributed by atoms with van der Waals surface area (Å²) in [5, 5.41) is 2.68. The topological polar surface area (TPSA) is 62.0 Å². The molecule has 0 atom stereocenters. The van der Waals surface area contributed by atoms with Gasteiger partial charge in [0.05, 0.1) is 0 Å². The lowest BCUT2D eigenvalue weighted by Crippen LogP contribution is -2.20. The monoisotopic (exact) mass is 228 g/mol. The maximum atomic E-state index is 11.8. The normalized spacial score (nSPS) is 9.94. The molecule has 2 rings (SSSR count). The molecule has 4 heteroatoms. The van der Waals surface area contributed by atoms with Crippen LogP contribution in [-0.4, -0.2) is 10.9 Å². The third-order valence-corrected chi connectivity index (χ3v) is 2.34. The molecule has 0 bridgehead atoms. The summed E-state index contributed by atoms with van der Waals surface area (Å²) in [6.07, 6.45) is 2.89. The first-order valence-corrected chi connectivity index (χ1v) is 5.22. The number of aromatic nitrogens is 1. The van der Waals surface area contributed by atoms with Crippen LogP contribution < -0.4 is 10.7 Å². The Labute approximate surface area is 98.3 Å². The molecule has 4 nitrogen and oxygen atoms in total. The van der Waals surface area contributed by atoms with Crippen LogP contribution in [0.3, 0.4) is 0 Å². The van der Waals surface area contributed by atoms with E-state index in [9.17, 15) is 9.59 Å². The van der Waals surface area contributed by atoms with Crippen LogP contribution in [0.1, 0.15) is 15.9 Å². The largest absolute Gasteiger partial charge is 0.367 e. The van der Waals surface area contributed by atoms with Crippen LogP contribution in [0, 0.1) is 6.92 Å². The fourth-order valence-corrected chi connectivity index (χ4v) is 1.51. The van der Waals surface area contributed by atoms with Crippen LogP contribution >= 0.6 is 0 Å². The molecule has 1 aromatic carbocycles. The zero-order valence-electron chi connectivity index (χ0n) is 9.36. The molecule has 0 aliphatic rings. The molecule has 0 saturated heterocycles. The van der Waals surface area contributed by atoms with Crippen molar-refractivity contribution in [2.24, 2.45) is 0 Å². The van der Waals surface area contributed by atoms with Gasteiger partial charge >= 0.3 is 0 Å². The number of aromatic amines is 1. The summed E-state index contributed by atoms with van der Waals surface area (Å²) in [5.74, 6) is -0.405. The fraction of sp³-hybridized carbons (Fsp3) is 0.0769. The first-order chi connectivity index (χ1) is 8.16. The predicted octanol–water partition coefficient (Wildman–Crippen LogP) is 1.94. The van der Waals surface area contributed by atoms with Gasteiger partial charge in [-0.1, -0.05) is 12.1 Å². The van der Waals surface area contributed by atoms with E-state index < -0.39 is 5.91 Å². The molecule has 86 valence electrons. The van der Waals surface area contributed by atoms with Crippen molar-refractivity contribution in [2.75, 3.05) is 5.32 Å². The standard InChI is InChI=1S/C13H12N2O2/c1-9-3-2-4-10(7-9)15-13(17)11-8-14-6-5-12(11)16/h2-8H,1H3,(H,14,16)(H,15,17). The van der Waals surface area contributed by atoms with Crippen LogP contribution in [-0.2, 0) is 0 Å². The molecular formula is C13H12N2O2. The Morgan fingerprint density at radius 1 is 1.29 bits per heavy atom. The molecule has 17 heavy (non-hydrogen) atoms. The lowest BCUT2D eigenvalue weighted by molar-refractivity contribution is 0.102. The molecule has 1 aromatic heterocycles. The molecule has 2 N–H and O–H groups in total. The molecule has 1 heterocycles. The Balaban J connectivity index is 2.23. The van der Waals surface area contributed by atoms with E-state index in [2.05, 4.69) is 10.3 Å². The highest BCUT2D eigenvalue weighted by molar-refractivity contribution is 6.03. The quantitative estimate of drug-likeness (QED) is 0.825. The van der Waals surface area contributed by atoms with E-state index in [1.54, 1.807) is 6.07 Å². The maximum Gasteiger partial charge on any atom is 0.261 e. The summed E-state index contributed by atoms with van der Waals surface area (Å²) < 4.78 is 0. The van der Waals surface area contributed by atoms with Gasteiger partial charge in [0.1, 0.15) is 5.56 Å². The van der Waals surface area contributed by atoms with Crippen molar-refractivity contribution in [3.63, 3.8) is 0 Å². The summed E-state index contributed by atoms with van der Waals surface area (Å²) in [4.78, 5) is 26.0. The van der Waals surface area contributed by atoms with Gasteiger partial charge in [0.15, 0.2) is 5.43 Å². The van der Waals surface area contributed by atoms with E-state index in [-0.39, 0.29) is 11.0 Å². The number of benzene rings is 1. The number of carbonyl (C=O) groups excluding carboxylic acids is 1. The Morgan fingerprint density at radius 2 is 2.12 bits per heavy atom. The third kappa shape index (κ3) is 2.60. The number of pyridine rings is 1. The molecule has 0 fully saturated rings. The summed E-state index contributed by atoms with van der Waals surface area (Å²) in [6, 6.07) is 8.73. The number of nitrogens with one attached hydrogen (secondary N) is 2. The fourth-order valence-electron chi connectivity index (χ4n) is 1.51. The van der Waals surface area contributed by atoms with Crippen molar-refractivity contribution in [2.45, 2.75) is 6.92 Å². The van der Waals surface area contributed by atoms with Crippen molar-refractivity contribution in [1.82, 2.24) is 4.98 Å². The van der Waals surface area contributed by atoms with Gasteiger partial charge in [0.25, 0.3) is 5.91 Å². The predicted molar refractivity (Wildman–Crippen MR) is 66.2 cm³/mol. The molecular weight excluding hydrogens is 216 g/mol. The highest BCUT2D eigenvalue weighted by atomic mass is 16.2. The van der Waals surface area contributed by atoms with Gasteiger partial charge in [-0.05, 0) is 24.6 Å². The zero-order chi connectivity index (χ0) is 12.3. The van der Waals surface area contributed by atoms with Crippen molar-refractivity contribution in [3.8, 4) is 0 Å². The molecule has 0 unspecified atom stereocenters. The summed E-state index contributed by atoms with van der Waals surface area (Å²) in [5.41, 5.74) is 1.53. The average molecular weight is 228 g/mol. The minimum Gasteiger partial charge on any atom is -0.367 e.